The minimum absolute atomic E-state index is 0.161. The highest BCUT2D eigenvalue weighted by Crippen LogP contribution is 2.34. The third-order valence-corrected chi connectivity index (χ3v) is 4.23. The lowest BCUT2D eigenvalue weighted by Gasteiger charge is -2.33. The van der Waals surface area contributed by atoms with Crippen LogP contribution in [-0.4, -0.2) is 18.1 Å². The van der Waals surface area contributed by atoms with Crippen molar-refractivity contribution in [3.8, 4) is 0 Å². The second-order valence-corrected chi connectivity index (χ2v) is 6.18. The molecule has 0 bridgehead atoms. The van der Waals surface area contributed by atoms with Crippen LogP contribution in [0.1, 0.15) is 25.8 Å². The molecule has 0 aliphatic carbocycles. The molecule has 1 atom stereocenters. The van der Waals surface area contributed by atoms with E-state index in [2.05, 4.69) is 59.8 Å². The third-order valence-electron chi connectivity index (χ3n) is 3.38. The second kappa shape index (κ2) is 4.04. The Morgan fingerprint density at radius 2 is 2.12 bits per heavy atom. The number of hydrogen-bond donors (Lipinski definition) is 1. The van der Waals surface area contributed by atoms with Gasteiger partial charge >= 0.3 is 0 Å². The standard InChI is InChI=1S/C13H19BrN2/c1-9-4-5-11(6-12(9)14)16-8-10(15)7-13(16,2)3/h4-6,10H,7-8,15H2,1-3H3. The zero-order valence-electron chi connectivity index (χ0n) is 10.1. The van der Waals surface area contributed by atoms with Crippen LogP contribution in [0.4, 0.5) is 5.69 Å². The summed E-state index contributed by atoms with van der Waals surface area (Å²) in [7, 11) is 0. The molecule has 1 unspecified atom stereocenters. The fourth-order valence-electron chi connectivity index (χ4n) is 2.50. The lowest BCUT2D eigenvalue weighted by Crippen LogP contribution is -2.38. The SMILES string of the molecule is Cc1ccc(N2CC(N)CC2(C)C)cc1Br. The Balaban J connectivity index is 2.34. The highest BCUT2D eigenvalue weighted by molar-refractivity contribution is 9.10. The van der Waals surface area contributed by atoms with Gasteiger partial charge in [0.1, 0.15) is 0 Å². The molecule has 0 amide bonds. The minimum atomic E-state index is 0.161. The highest BCUT2D eigenvalue weighted by atomic mass is 79.9. The lowest BCUT2D eigenvalue weighted by atomic mass is 10.00. The normalized spacial score (nSPS) is 23.8. The molecule has 1 fully saturated rings. The van der Waals surface area contributed by atoms with Gasteiger partial charge < -0.3 is 10.6 Å². The van der Waals surface area contributed by atoms with Gasteiger partial charge in [0.2, 0.25) is 0 Å². The smallest absolute Gasteiger partial charge is 0.0382 e. The number of halogens is 1. The molecule has 0 aromatic heterocycles. The molecule has 1 aliphatic rings. The first kappa shape index (κ1) is 11.9. The molecule has 1 aromatic carbocycles. The van der Waals surface area contributed by atoms with E-state index in [0.29, 0.717) is 0 Å². The van der Waals surface area contributed by atoms with Crippen LogP contribution in [0.2, 0.25) is 0 Å². The number of hydrogen-bond acceptors (Lipinski definition) is 2. The van der Waals surface area contributed by atoms with Gasteiger partial charge in [-0.1, -0.05) is 22.0 Å². The predicted octanol–water partition coefficient (Wildman–Crippen LogP) is 3.07. The first-order chi connectivity index (χ1) is 7.40. The quantitative estimate of drug-likeness (QED) is 0.858. The Morgan fingerprint density at radius 1 is 1.44 bits per heavy atom. The fourth-order valence-corrected chi connectivity index (χ4v) is 2.87. The molecule has 0 radical (unpaired) electrons. The summed E-state index contributed by atoms with van der Waals surface area (Å²) in [6.45, 7) is 7.57. The van der Waals surface area contributed by atoms with E-state index in [1.165, 1.54) is 15.7 Å². The Hall–Kier alpha value is -0.540. The van der Waals surface area contributed by atoms with E-state index in [9.17, 15) is 0 Å². The third kappa shape index (κ3) is 2.11. The summed E-state index contributed by atoms with van der Waals surface area (Å²) in [4.78, 5) is 2.40. The highest BCUT2D eigenvalue weighted by Gasteiger charge is 2.36. The number of aryl methyl sites for hydroxylation is 1. The summed E-state index contributed by atoms with van der Waals surface area (Å²) in [5, 5.41) is 0. The van der Waals surface area contributed by atoms with Gasteiger partial charge in [0.15, 0.2) is 0 Å². The second-order valence-electron chi connectivity index (χ2n) is 5.32. The number of nitrogens with zero attached hydrogens (tertiary/aromatic N) is 1. The summed E-state index contributed by atoms with van der Waals surface area (Å²) in [5.41, 5.74) is 8.74. The van der Waals surface area contributed by atoms with Crippen molar-refractivity contribution in [1.29, 1.82) is 0 Å². The van der Waals surface area contributed by atoms with Crippen molar-refractivity contribution >= 4 is 21.6 Å². The van der Waals surface area contributed by atoms with Crippen molar-refractivity contribution in [2.45, 2.75) is 38.8 Å². The van der Waals surface area contributed by atoms with Gasteiger partial charge in [-0.3, -0.25) is 0 Å². The number of rotatable bonds is 1. The molecule has 88 valence electrons. The van der Waals surface area contributed by atoms with E-state index in [1.807, 2.05) is 0 Å². The summed E-state index contributed by atoms with van der Waals surface area (Å²) in [5.74, 6) is 0. The van der Waals surface area contributed by atoms with Crippen LogP contribution in [0, 0.1) is 6.92 Å². The molecular weight excluding hydrogens is 264 g/mol. The topological polar surface area (TPSA) is 29.3 Å². The predicted molar refractivity (Wildman–Crippen MR) is 72.9 cm³/mol. The molecule has 2 rings (SSSR count). The van der Waals surface area contributed by atoms with Crippen LogP contribution < -0.4 is 10.6 Å². The number of anilines is 1. The fraction of sp³-hybridized carbons (Fsp3) is 0.538. The molecule has 2 N–H and O–H groups in total. The molecule has 16 heavy (non-hydrogen) atoms. The van der Waals surface area contributed by atoms with Gasteiger partial charge in [-0.05, 0) is 44.9 Å². The van der Waals surface area contributed by atoms with Gasteiger partial charge in [-0.2, -0.15) is 0 Å². The van der Waals surface area contributed by atoms with Crippen molar-refractivity contribution in [3.63, 3.8) is 0 Å². The molecule has 0 spiro atoms. The number of benzene rings is 1. The van der Waals surface area contributed by atoms with Crippen LogP contribution in [0.15, 0.2) is 22.7 Å². The zero-order chi connectivity index (χ0) is 11.9. The molecule has 3 heteroatoms. The van der Waals surface area contributed by atoms with E-state index >= 15 is 0 Å². The van der Waals surface area contributed by atoms with Gasteiger partial charge in [0.25, 0.3) is 0 Å². The summed E-state index contributed by atoms with van der Waals surface area (Å²) >= 11 is 3.59. The average Bonchev–Trinajstić information content (AvgIpc) is 2.44. The summed E-state index contributed by atoms with van der Waals surface area (Å²) in [6.07, 6.45) is 1.05. The van der Waals surface area contributed by atoms with Crippen LogP contribution in [0.25, 0.3) is 0 Å². The Morgan fingerprint density at radius 3 is 2.62 bits per heavy atom. The Labute approximate surface area is 106 Å². The summed E-state index contributed by atoms with van der Waals surface area (Å²) < 4.78 is 1.17. The molecule has 2 nitrogen and oxygen atoms in total. The van der Waals surface area contributed by atoms with Crippen molar-refractivity contribution < 1.29 is 0 Å². The monoisotopic (exact) mass is 282 g/mol. The Kier molecular flexibility index (Phi) is 3.01. The van der Waals surface area contributed by atoms with Crippen molar-refractivity contribution in [2.24, 2.45) is 5.73 Å². The Bertz CT molecular complexity index is 401. The average molecular weight is 283 g/mol. The molecular formula is C13H19BrN2. The van der Waals surface area contributed by atoms with Gasteiger partial charge in [-0.15, -0.1) is 0 Å². The van der Waals surface area contributed by atoms with Crippen LogP contribution in [0.5, 0.6) is 0 Å². The van der Waals surface area contributed by atoms with Crippen molar-refractivity contribution in [2.75, 3.05) is 11.4 Å². The zero-order valence-corrected chi connectivity index (χ0v) is 11.7. The largest absolute Gasteiger partial charge is 0.365 e. The molecule has 0 saturated carbocycles. The summed E-state index contributed by atoms with van der Waals surface area (Å²) in [6, 6.07) is 6.81. The van der Waals surface area contributed by atoms with Crippen molar-refractivity contribution in [3.05, 3.63) is 28.2 Å². The molecule has 1 saturated heterocycles. The lowest BCUT2D eigenvalue weighted by molar-refractivity contribution is 0.506. The van der Waals surface area contributed by atoms with E-state index in [4.69, 9.17) is 5.73 Å². The van der Waals surface area contributed by atoms with Gasteiger partial charge in [-0.25, -0.2) is 0 Å². The van der Waals surface area contributed by atoms with E-state index in [-0.39, 0.29) is 11.6 Å². The van der Waals surface area contributed by atoms with Gasteiger partial charge in [0.05, 0.1) is 0 Å². The van der Waals surface area contributed by atoms with E-state index in [0.717, 1.165) is 13.0 Å². The first-order valence-corrected chi connectivity index (χ1v) is 6.49. The molecule has 1 heterocycles. The van der Waals surface area contributed by atoms with Crippen molar-refractivity contribution in [1.82, 2.24) is 0 Å². The van der Waals surface area contributed by atoms with Crippen LogP contribution >= 0.6 is 15.9 Å². The van der Waals surface area contributed by atoms with E-state index < -0.39 is 0 Å². The maximum absolute atomic E-state index is 6.05. The minimum Gasteiger partial charge on any atom is -0.365 e. The molecule has 1 aliphatic heterocycles. The maximum Gasteiger partial charge on any atom is 0.0382 e. The first-order valence-electron chi connectivity index (χ1n) is 5.69. The van der Waals surface area contributed by atoms with E-state index in [1.54, 1.807) is 0 Å². The van der Waals surface area contributed by atoms with Crippen LogP contribution in [-0.2, 0) is 0 Å². The van der Waals surface area contributed by atoms with Crippen LogP contribution in [0.3, 0.4) is 0 Å². The molecule has 1 aromatic rings. The number of nitrogens with two attached hydrogens (primary N) is 1. The van der Waals surface area contributed by atoms with Gasteiger partial charge in [0, 0.05) is 28.3 Å². The maximum atomic E-state index is 6.05.